The molecule has 0 heterocycles. The second-order valence-electron chi connectivity index (χ2n) is 4.69. The second kappa shape index (κ2) is 7.41. The van der Waals surface area contributed by atoms with Crippen LogP contribution in [0.3, 0.4) is 0 Å². The van der Waals surface area contributed by atoms with Crippen LogP contribution < -0.4 is 0 Å². The monoisotopic (exact) mass is 399 g/mol. The van der Waals surface area contributed by atoms with Gasteiger partial charge in [-0.05, 0) is 19.8 Å². The van der Waals surface area contributed by atoms with Crippen LogP contribution >= 0.6 is 69.5 Å². The van der Waals surface area contributed by atoms with Crippen molar-refractivity contribution in [2.75, 3.05) is 26.7 Å². The molecule has 1 unspecified atom stereocenters. The summed E-state index contributed by atoms with van der Waals surface area (Å²) in [5, 5.41) is 0. The van der Waals surface area contributed by atoms with E-state index in [0.29, 0.717) is 0 Å². The number of rotatable bonds is 6. The zero-order valence-corrected chi connectivity index (χ0v) is 16.8. The van der Waals surface area contributed by atoms with Gasteiger partial charge in [0.1, 0.15) is 0 Å². The molecule has 0 aromatic rings. The van der Waals surface area contributed by atoms with Gasteiger partial charge in [-0.25, -0.2) is 0 Å². The van der Waals surface area contributed by atoms with Crippen LogP contribution in [0.4, 0.5) is 0 Å². The molecule has 0 amide bonds. The van der Waals surface area contributed by atoms with Crippen molar-refractivity contribution in [2.45, 2.75) is 40.0 Å². The van der Waals surface area contributed by atoms with Crippen LogP contribution in [0.2, 0.25) is 0 Å². The maximum absolute atomic E-state index is 5.00. The van der Waals surface area contributed by atoms with Gasteiger partial charge in [-0.2, -0.15) is 0 Å². The Balaban J connectivity index is 0. The Labute approximate surface area is 140 Å². The number of unbranched alkanes of at least 4 members (excludes halogenated alkanes) is 1. The molecule has 0 aliphatic rings. The van der Waals surface area contributed by atoms with Crippen LogP contribution in [-0.2, 0) is 0 Å². The zero-order chi connectivity index (χ0) is 15.2. The Morgan fingerprint density at radius 3 is 1.39 bits per heavy atom. The molecular weight excluding hydrogens is 378 g/mol. The summed E-state index contributed by atoms with van der Waals surface area (Å²) in [5.74, 6) is 0. The van der Waals surface area contributed by atoms with E-state index in [2.05, 4.69) is 27.8 Å². The van der Waals surface area contributed by atoms with Crippen molar-refractivity contribution in [1.82, 2.24) is 0 Å². The first kappa shape index (κ1) is 22.4. The van der Waals surface area contributed by atoms with E-state index in [-0.39, 0.29) is 0 Å². The van der Waals surface area contributed by atoms with Crippen molar-refractivity contribution < 1.29 is 4.48 Å². The van der Waals surface area contributed by atoms with Gasteiger partial charge in [-0.15, -0.1) is 0 Å². The summed E-state index contributed by atoms with van der Waals surface area (Å²) in [7, 11) is 2.37. The predicted octanol–water partition coefficient (Wildman–Crippen LogP) is 7.66. The second-order valence-corrected chi connectivity index (χ2v) is 29.6. The minimum atomic E-state index is -4.82. The quantitative estimate of drug-likeness (QED) is 0.316. The van der Waals surface area contributed by atoms with E-state index in [1.807, 2.05) is 0 Å². The van der Waals surface area contributed by atoms with Crippen molar-refractivity contribution in [3.8, 4) is 0 Å². The van der Waals surface area contributed by atoms with Gasteiger partial charge in [0.2, 0.25) is 0 Å². The SMILES string of the molecule is CCCC[N+](C)(CC)CCC.Cl[P-](Cl)(Cl)(Cl)(Cl)Cl. The molecule has 0 N–H and O–H groups in total. The number of halogens is 6. The first-order chi connectivity index (χ1) is 7.63. The fourth-order valence-corrected chi connectivity index (χ4v) is 1.51. The van der Waals surface area contributed by atoms with Gasteiger partial charge in [-0.1, -0.05) is 20.3 Å². The summed E-state index contributed by atoms with van der Waals surface area (Å²) in [6.07, 6.45) is 4.02. The normalized spacial score (nSPS) is 19.0. The van der Waals surface area contributed by atoms with Gasteiger partial charge in [0, 0.05) is 0 Å². The van der Waals surface area contributed by atoms with Crippen LogP contribution in [0, 0.1) is 0 Å². The van der Waals surface area contributed by atoms with Crippen LogP contribution in [-0.4, -0.2) is 31.2 Å². The fourth-order valence-electron chi connectivity index (χ4n) is 1.51. The Kier molecular flexibility index (Phi) is 9.23. The summed E-state index contributed by atoms with van der Waals surface area (Å²) in [6, 6.07) is 0. The molecular formula is C10H24Cl6NP. The van der Waals surface area contributed by atoms with Crippen molar-refractivity contribution in [2.24, 2.45) is 0 Å². The van der Waals surface area contributed by atoms with E-state index in [9.17, 15) is 0 Å². The van der Waals surface area contributed by atoms with E-state index in [4.69, 9.17) is 67.4 Å². The van der Waals surface area contributed by atoms with Gasteiger partial charge in [0.15, 0.2) is 0 Å². The van der Waals surface area contributed by atoms with Gasteiger partial charge < -0.3 is 4.48 Å². The van der Waals surface area contributed by atoms with E-state index >= 15 is 0 Å². The van der Waals surface area contributed by atoms with E-state index < -0.39 is 2.06 Å². The minimum absolute atomic E-state index is 1.27. The van der Waals surface area contributed by atoms with Crippen LogP contribution in [0.1, 0.15) is 40.0 Å². The number of hydrogen-bond donors (Lipinski definition) is 0. The van der Waals surface area contributed by atoms with Crippen LogP contribution in [0.5, 0.6) is 0 Å². The standard InChI is InChI=1S/C10H24N.Cl6P/c1-5-8-10-11(4,7-3)9-6-2;1-7(2,3,4,5)6/h5-10H2,1-4H3;/q+1;-1. The average Bonchev–Trinajstić information content (AvgIpc) is 2.10. The van der Waals surface area contributed by atoms with Crippen molar-refractivity contribution in [3.05, 3.63) is 0 Å². The van der Waals surface area contributed by atoms with Crippen molar-refractivity contribution in [3.63, 3.8) is 0 Å². The molecule has 0 saturated carbocycles. The maximum atomic E-state index is 5.00. The number of hydrogen-bond acceptors (Lipinski definition) is 0. The summed E-state index contributed by atoms with van der Waals surface area (Å²) >= 11 is 30.0. The molecule has 18 heavy (non-hydrogen) atoms. The molecule has 8 heteroatoms. The van der Waals surface area contributed by atoms with Crippen LogP contribution in [0.25, 0.3) is 0 Å². The summed E-state index contributed by atoms with van der Waals surface area (Å²) in [5.41, 5.74) is 0. The molecule has 0 spiro atoms. The topological polar surface area (TPSA) is 0 Å². The molecule has 0 aromatic heterocycles. The van der Waals surface area contributed by atoms with Gasteiger partial charge >= 0.3 is 69.5 Å². The number of nitrogens with zero attached hydrogens (tertiary/aromatic N) is 1. The summed E-state index contributed by atoms with van der Waals surface area (Å²) < 4.78 is -3.56. The Morgan fingerprint density at radius 1 is 0.778 bits per heavy atom. The molecule has 0 aliphatic heterocycles. The molecule has 1 nitrogen and oxygen atoms in total. The zero-order valence-electron chi connectivity index (χ0n) is 11.4. The molecule has 0 bridgehead atoms. The van der Waals surface area contributed by atoms with Crippen LogP contribution in [0.15, 0.2) is 0 Å². The third kappa shape index (κ3) is 26.6. The molecule has 0 fully saturated rings. The predicted molar refractivity (Wildman–Crippen MR) is 93.7 cm³/mol. The van der Waals surface area contributed by atoms with Crippen molar-refractivity contribution in [1.29, 1.82) is 0 Å². The summed E-state index contributed by atoms with van der Waals surface area (Å²) in [6.45, 7) is 10.8. The molecule has 0 saturated heterocycles. The molecule has 0 rings (SSSR count). The Hall–Kier alpha value is 2.13. The Bertz CT molecular complexity index is 224. The van der Waals surface area contributed by atoms with Gasteiger partial charge in [0.25, 0.3) is 0 Å². The molecule has 116 valence electrons. The van der Waals surface area contributed by atoms with E-state index in [1.54, 1.807) is 0 Å². The molecule has 0 aromatic carbocycles. The first-order valence-corrected chi connectivity index (χ1v) is 14.1. The molecule has 0 radical (unpaired) electrons. The summed E-state index contributed by atoms with van der Waals surface area (Å²) in [4.78, 5) is 0. The fraction of sp³-hybridized carbons (Fsp3) is 1.00. The van der Waals surface area contributed by atoms with Gasteiger partial charge in [0.05, 0.1) is 26.7 Å². The molecule has 0 aliphatic carbocycles. The van der Waals surface area contributed by atoms with Crippen molar-refractivity contribution >= 4 is 69.5 Å². The van der Waals surface area contributed by atoms with E-state index in [0.717, 1.165) is 0 Å². The van der Waals surface area contributed by atoms with E-state index in [1.165, 1.54) is 43.4 Å². The third-order valence-electron chi connectivity index (χ3n) is 2.58. The Morgan fingerprint density at radius 2 is 1.17 bits per heavy atom. The first-order valence-electron chi connectivity index (χ1n) is 6.03. The van der Waals surface area contributed by atoms with Gasteiger partial charge in [-0.3, -0.25) is 0 Å². The average molecular weight is 402 g/mol. The number of quaternary nitrogens is 1. The molecule has 1 atom stereocenters. The third-order valence-corrected chi connectivity index (χ3v) is 2.58.